The van der Waals surface area contributed by atoms with Crippen molar-refractivity contribution in [2.45, 2.75) is 6.92 Å². The number of hydrogen-bond donors (Lipinski definition) is 0. The summed E-state index contributed by atoms with van der Waals surface area (Å²) >= 11 is 14.1. The Balaban J connectivity index is 1.81. The van der Waals surface area contributed by atoms with Gasteiger partial charge in [0.1, 0.15) is 20.9 Å². The highest BCUT2D eigenvalue weighted by atomic mass is 35.5. The van der Waals surface area contributed by atoms with Crippen molar-refractivity contribution in [3.05, 3.63) is 95.0 Å². The lowest BCUT2D eigenvalue weighted by molar-refractivity contribution is 1.39. The summed E-state index contributed by atoms with van der Waals surface area (Å²) in [6, 6.07) is 25.7. The van der Waals surface area contributed by atoms with E-state index in [9.17, 15) is 0 Å². The van der Waals surface area contributed by atoms with Crippen LogP contribution in [0, 0.1) is 6.92 Å². The van der Waals surface area contributed by atoms with Crippen LogP contribution in [0.1, 0.15) is 11.1 Å². The van der Waals surface area contributed by atoms with Gasteiger partial charge >= 0.3 is 0 Å². The van der Waals surface area contributed by atoms with E-state index in [1.54, 1.807) is 0 Å². The summed E-state index contributed by atoms with van der Waals surface area (Å²) in [5.41, 5.74) is 4.89. The Kier molecular flexibility index (Phi) is 5.58. The van der Waals surface area contributed by atoms with Crippen LogP contribution in [0.2, 0.25) is 5.02 Å². The van der Waals surface area contributed by atoms with Crippen LogP contribution in [0.15, 0.2) is 83.9 Å². The molecule has 0 atom stereocenters. The molecule has 2 nitrogen and oxygen atoms in total. The Bertz CT molecular complexity index is 1120. The van der Waals surface area contributed by atoms with E-state index in [1.165, 1.54) is 16.9 Å². The molecule has 5 heteroatoms. The molecule has 0 bridgehead atoms. The highest BCUT2D eigenvalue weighted by Gasteiger charge is 2.15. The minimum Gasteiger partial charge on any atom is -0.234 e. The van der Waals surface area contributed by atoms with Crippen molar-refractivity contribution in [3.8, 4) is 21.8 Å². The van der Waals surface area contributed by atoms with E-state index in [0.717, 1.165) is 32.4 Å². The second-order valence-electron chi connectivity index (χ2n) is 6.31. The maximum atomic E-state index is 6.54. The molecule has 4 rings (SSSR count). The van der Waals surface area contributed by atoms with Gasteiger partial charge in [0, 0.05) is 21.7 Å². The van der Waals surface area contributed by atoms with Crippen LogP contribution in [-0.4, -0.2) is 10.2 Å². The maximum absolute atomic E-state index is 6.54. The number of halogens is 2. The molecule has 0 saturated heterocycles. The van der Waals surface area contributed by atoms with Gasteiger partial charge in [-0.25, -0.2) is 9.98 Å². The van der Waals surface area contributed by atoms with E-state index in [0.29, 0.717) is 10.2 Å². The molecular formula is C23H16Cl2N2S. The van der Waals surface area contributed by atoms with Crippen LogP contribution < -0.4 is 0 Å². The van der Waals surface area contributed by atoms with E-state index in [1.807, 2.05) is 85.8 Å². The zero-order valence-corrected chi connectivity index (χ0v) is 17.4. The highest BCUT2D eigenvalue weighted by Crippen LogP contribution is 2.40. The van der Waals surface area contributed by atoms with Crippen molar-refractivity contribution >= 4 is 44.7 Å². The van der Waals surface area contributed by atoms with Crippen molar-refractivity contribution in [1.29, 1.82) is 0 Å². The molecule has 0 fully saturated rings. The molecule has 0 spiro atoms. The van der Waals surface area contributed by atoms with Gasteiger partial charge in [-0.05, 0) is 19.1 Å². The summed E-state index contributed by atoms with van der Waals surface area (Å²) in [6.45, 7) is 2.05. The summed E-state index contributed by atoms with van der Waals surface area (Å²) in [5.74, 6) is 0. The summed E-state index contributed by atoms with van der Waals surface area (Å²) in [7, 11) is 0. The van der Waals surface area contributed by atoms with Gasteiger partial charge in [-0.15, -0.1) is 0 Å². The predicted octanol–water partition coefficient (Wildman–Crippen LogP) is 7.76. The number of rotatable bonds is 4. The van der Waals surface area contributed by atoms with Crippen molar-refractivity contribution < 1.29 is 0 Å². The molecule has 0 aliphatic rings. The predicted molar refractivity (Wildman–Crippen MR) is 121 cm³/mol. The van der Waals surface area contributed by atoms with E-state index >= 15 is 0 Å². The molecule has 4 aromatic rings. The minimum absolute atomic E-state index is 0.448. The van der Waals surface area contributed by atoms with Crippen molar-refractivity contribution in [1.82, 2.24) is 4.98 Å². The Morgan fingerprint density at radius 2 is 1.54 bits per heavy atom. The number of nitrogens with zero attached hydrogens (tertiary/aromatic N) is 2. The molecule has 1 aromatic heterocycles. The van der Waals surface area contributed by atoms with Crippen LogP contribution in [-0.2, 0) is 0 Å². The third kappa shape index (κ3) is 4.17. The third-order valence-electron chi connectivity index (χ3n) is 4.24. The largest absolute Gasteiger partial charge is 0.234 e. The van der Waals surface area contributed by atoms with Gasteiger partial charge in [-0.1, -0.05) is 107 Å². The molecular weight excluding hydrogens is 407 g/mol. The smallest absolute Gasteiger partial charge is 0.146 e. The first kappa shape index (κ1) is 18.9. The highest BCUT2D eigenvalue weighted by molar-refractivity contribution is 7.19. The van der Waals surface area contributed by atoms with Crippen LogP contribution in [0.3, 0.4) is 0 Å². The number of thiazole rings is 1. The molecule has 0 aliphatic heterocycles. The van der Waals surface area contributed by atoms with Crippen LogP contribution in [0.25, 0.3) is 21.8 Å². The zero-order valence-electron chi connectivity index (χ0n) is 15.1. The van der Waals surface area contributed by atoms with Gasteiger partial charge < -0.3 is 0 Å². The lowest BCUT2D eigenvalue weighted by atomic mass is 10.1. The SMILES string of the molecule is Cc1ccc(/C(Cl)=N\c2sc(-c3ccc(Cl)cc3)nc2-c2ccccc2)cc1. The standard InChI is InChI=1S/C23H16Cl2N2S/c1-15-7-9-17(10-8-15)21(25)27-23-20(16-5-3-2-4-6-16)26-22(28-23)18-11-13-19(24)14-12-18/h2-14H,1H3/b27-21+. The lowest BCUT2D eigenvalue weighted by Gasteiger charge is -2.01. The molecule has 0 radical (unpaired) electrons. The van der Waals surface area contributed by atoms with E-state index in [-0.39, 0.29) is 0 Å². The van der Waals surface area contributed by atoms with Gasteiger partial charge in [-0.3, -0.25) is 0 Å². The summed E-state index contributed by atoms with van der Waals surface area (Å²) < 4.78 is 0. The second-order valence-corrected chi connectivity index (χ2v) is 8.09. The minimum atomic E-state index is 0.448. The maximum Gasteiger partial charge on any atom is 0.146 e. The monoisotopic (exact) mass is 422 g/mol. The van der Waals surface area contributed by atoms with Gasteiger partial charge in [0.15, 0.2) is 0 Å². The molecule has 0 N–H and O–H groups in total. The van der Waals surface area contributed by atoms with Crippen molar-refractivity contribution in [2.24, 2.45) is 4.99 Å². The van der Waals surface area contributed by atoms with Crippen molar-refractivity contribution in [3.63, 3.8) is 0 Å². The molecule has 1 heterocycles. The summed E-state index contributed by atoms with van der Waals surface area (Å²) in [4.78, 5) is 9.56. The van der Waals surface area contributed by atoms with Crippen LogP contribution in [0.5, 0.6) is 0 Å². The first-order valence-corrected chi connectivity index (χ1v) is 10.3. The molecule has 0 saturated carbocycles. The fourth-order valence-electron chi connectivity index (χ4n) is 2.73. The molecule has 0 amide bonds. The molecule has 28 heavy (non-hydrogen) atoms. The number of aliphatic imine (C=N–C) groups is 1. The summed E-state index contributed by atoms with van der Waals surface area (Å²) in [6.07, 6.45) is 0. The fourth-order valence-corrected chi connectivity index (χ4v) is 4.09. The number of hydrogen-bond acceptors (Lipinski definition) is 3. The fraction of sp³-hybridized carbons (Fsp3) is 0.0435. The molecule has 138 valence electrons. The number of benzene rings is 3. The van der Waals surface area contributed by atoms with Gasteiger partial charge in [0.05, 0.1) is 0 Å². The van der Waals surface area contributed by atoms with E-state index in [4.69, 9.17) is 33.2 Å². The molecule has 0 unspecified atom stereocenters. The number of aryl methyl sites for hydroxylation is 1. The van der Waals surface area contributed by atoms with Crippen LogP contribution in [0.4, 0.5) is 5.00 Å². The number of aromatic nitrogens is 1. The first-order chi connectivity index (χ1) is 13.6. The lowest BCUT2D eigenvalue weighted by Crippen LogP contribution is -1.90. The normalized spacial score (nSPS) is 11.6. The van der Waals surface area contributed by atoms with Crippen LogP contribution >= 0.6 is 34.5 Å². The Hall–Kier alpha value is -2.46. The molecule has 0 aliphatic carbocycles. The summed E-state index contributed by atoms with van der Waals surface area (Å²) in [5, 5.41) is 2.80. The topological polar surface area (TPSA) is 25.2 Å². The average Bonchev–Trinajstić information content (AvgIpc) is 3.13. The second kappa shape index (κ2) is 8.27. The Morgan fingerprint density at radius 1 is 0.857 bits per heavy atom. The Morgan fingerprint density at radius 3 is 2.21 bits per heavy atom. The zero-order chi connectivity index (χ0) is 19.5. The van der Waals surface area contributed by atoms with Gasteiger partial charge in [0.25, 0.3) is 0 Å². The van der Waals surface area contributed by atoms with Gasteiger partial charge in [0.2, 0.25) is 0 Å². The van der Waals surface area contributed by atoms with Crippen molar-refractivity contribution in [2.75, 3.05) is 0 Å². The molecule has 3 aromatic carbocycles. The van der Waals surface area contributed by atoms with E-state index in [2.05, 4.69) is 0 Å². The quantitative estimate of drug-likeness (QED) is 0.308. The third-order valence-corrected chi connectivity index (χ3v) is 5.79. The van der Waals surface area contributed by atoms with E-state index < -0.39 is 0 Å². The Labute approximate surface area is 178 Å². The van der Waals surface area contributed by atoms with Gasteiger partial charge in [-0.2, -0.15) is 0 Å². The average molecular weight is 423 g/mol. The first-order valence-electron chi connectivity index (χ1n) is 8.73.